The summed E-state index contributed by atoms with van der Waals surface area (Å²) < 4.78 is 0.979. The molecule has 0 fully saturated rings. The number of benzene rings is 2. The van der Waals surface area contributed by atoms with Crippen molar-refractivity contribution in [2.45, 2.75) is 13.8 Å². The van der Waals surface area contributed by atoms with Crippen LogP contribution in [-0.4, -0.2) is 56.1 Å². The standard InChI is InChI=1S/C22H27ClN4OS/c1-5-26(6-2)17-12-10-16(11-13-17)21(28)27(15-14-25(3)4)22-24-20-18(23)8-7-9-19(20)29-22/h7-13H,5-6,14-15H2,1-4H3. The summed E-state index contributed by atoms with van der Waals surface area (Å²) in [4.78, 5) is 24.1. The van der Waals surface area contributed by atoms with Crippen LogP contribution in [0.1, 0.15) is 24.2 Å². The summed E-state index contributed by atoms with van der Waals surface area (Å²) in [7, 11) is 3.99. The van der Waals surface area contributed by atoms with E-state index in [9.17, 15) is 4.79 Å². The molecule has 0 atom stereocenters. The van der Waals surface area contributed by atoms with E-state index in [2.05, 4.69) is 28.6 Å². The van der Waals surface area contributed by atoms with E-state index in [1.807, 2.05) is 56.6 Å². The Bertz CT molecular complexity index is 967. The van der Waals surface area contributed by atoms with Crippen LogP contribution in [-0.2, 0) is 0 Å². The normalized spacial score (nSPS) is 11.2. The zero-order chi connectivity index (χ0) is 21.0. The molecule has 2 aromatic carbocycles. The van der Waals surface area contributed by atoms with Crippen molar-refractivity contribution in [3.63, 3.8) is 0 Å². The van der Waals surface area contributed by atoms with E-state index in [0.29, 0.717) is 22.3 Å². The van der Waals surface area contributed by atoms with Crippen LogP contribution in [0.15, 0.2) is 42.5 Å². The third-order valence-corrected chi connectivity index (χ3v) is 6.20. The van der Waals surface area contributed by atoms with Gasteiger partial charge in [-0.25, -0.2) is 4.98 Å². The molecule has 0 saturated carbocycles. The van der Waals surface area contributed by atoms with Crippen LogP contribution in [0.5, 0.6) is 0 Å². The van der Waals surface area contributed by atoms with Gasteiger partial charge in [-0.15, -0.1) is 0 Å². The van der Waals surface area contributed by atoms with Crippen molar-refractivity contribution < 1.29 is 4.79 Å². The first kappa shape index (κ1) is 21.6. The number of nitrogens with zero attached hydrogens (tertiary/aromatic N) is 4. The van der Waals surface area contributed by atoms with Crippen molar-refractivity contribution in [3.8, 4) is 0 Å². The second kappa shape index (κ2) is 9.57. The first-order valence-corrected chi connectivity index (χ1v) is 11.0. The number of halogens is 1. The lowest BCUT2D eigenvalue weighted by molar-refractivity contribution is 0.0985. The minimum atomic E-state index is -0.0480. The largest absolute Gasteiger partial charge is 0.372 e. The fourth-order valence-corrected chi connectivity index (χ4v) is 4.45. The van der Waals surface area contributed by atoms with E-state index < -0.39 is 0 Å². The molecule has 0 aliphatic heterocycles. The third-order valence-electron chi connectivity index (χ3n) is 4.85. The maximum atomic E-state index is 13.4. The van der Waals surface area contributed by atoms with Crippen molar-refractivity contribution in [2.24, 2.45) is 0 Å². The number of carbonyl (C=O) groups excluding carboxylic acids is 1. The zero-order valence-corrected chi connectivity index (χ0v) is 18.9. The minimum Gasteiger partial charge on any atom is -0.372 e. The number of para-hydroxylation sites is 1. The average molecular weight is 431 g/mol. The summed E-state index contributed by atoms with van der Waals surface area (Å²) >= 11 is 7.79. The van der Waals surface area contributed by atoms with Gasteiger partial charge in [-0.3, -0.25) is 9.69 Å². The van der Waals surface area contributed by atoms with Gasteiger partial charge in [0, 0.05) is 37.4 Å². The molecule has 3 aromatic rings. The van der Waals surface area contributed by atoms with E-state index in [-0.39, 0.29) is 5.91 Å². The van der Waals surface area contributed by atoms with Crippen molar-refractivity contribution in [1.29, 1.82) is 0 Å². The molecule has 0 aliphatic rings. The summed E-state index contributed by atoms with van der Waals surface area (Å²) in [6, 6.07) is 13.5. The molecule has 0 saturated heterocycles. The van der Waals surface area contributed by atoms with E-state index in [1.54, 1.807) is 4.90 Å². The van der Waals surface area contributed by atoms with Crippen molar-refractivity contribution in [2.75, 3.05) is 50.1 Å². The molecule has 154 valence electrons. The predicted molar refractivity (Wildman–Crippen MR) is 125 cm³/mol. The van der Waals surface area contributed by atoms with Gasteiger partial charge in [-0.05, 0) is 64.3 Å². The number of thiazole rings is 1. The summed E-state index contributed by atoms with van der Waals surface area (Å²) in [6.07, 6.45) is 0. The molecule has 5 nitrogen and oxygen atoms in total. The van der Waals surface area contributed by atoms with E-state index in [4.69, 9.17) is 11.6 Å². The lowest BCUT2D eigenvalue weighted by Gasteiger charge is -2.23. The molecule has 0 radical (unpaired) electrons. The first-order chi connectivity index (χ1) is 13.9. The Hall–Kier alpha value is -2.15. The van der Waals surface area contributed by atoms with Gasteiger partial charge in [0.25, 0.3) is 5.91 Å². The van der Waals surface area contributed by atoms with Crippen LogP contribution in [0, 0.1) is 0 Å². The summed E-state index contributed by atoms with van der Waals surface area (Å²) in [5.74, 6) is -0.0480. The zero-order valence-electron chi connectivity index (χ0n) is 17.4. The molecule has 0 unspecified atom stereocenters. The quantitative estimate of drug-likeness (QED) is 0.504. The Balaban J connectivity index is 1.93. The van der Waals surface area contributed by atoms with E-state index in [1.165, 1.54) is 11.3 Å². The molecule has 0 aliphatic carbocycles. The molecule has 1 heterocycles. The Kier molecular flexibility index (Phi) is 7.11. The molecule has 1 amide bonds. The number of anilines is 2. The summed E-state index contributed by atoms with van der Waals surface area (Å²) in [6.45, 7) is 7.43. The highest BCUT2D eigenvalue weighted by Gasteiger charge is 2.22. The average Bonchev–Trinajstić information content (AvgIpc) is 3.14. The molecular formula is C22H27ClN4OS. The van der Waals surface area contributed by atoms with Crippen LogP contribution in [0.25, 0.3) is 10.2 Å². The minimum absolute atomic E-state index is 0.0480. The number of fused-ring (bicyclic) bond motifs is 1. The van der Waals surface area contributed by atoms with E-state index >= 15 is 0 Å². The number of hydrogen-bond donors (Lipinski definition) is 0. The Morgan fingerprint density at radius 3 is 2.31 bits per heavy atom. The summed E-state index contributed by atoms with van der Waals surface area (Å²) in [5, 5.41) is 1.28. The fraction of sp³-hybridized carbons (Fsp3) is 0.364. The molecule has 1 aromatic heterocycles. The van der Waals surface area contributed by atoms with Gasteiger partial charge in [0.15, 0.2) is 5.13 Å². The monoisotopic (exact) mass is 430 g/mol. The van der Waals surface area contributed by atoms with Gasteiger partial charge < -0.3 is 9.80 Å². The first-order valence-electron chi connectivity index (χ1n) is 9.81. The number of likely N-dealkylation sites (N-methyl/N-ethyl adjacent to an activating group) is 1. The fourth-order valence-electron chi connectivity index (χ4n) is 3.16. The van der Waals surface area contributed by atoms with Crippen molar-refractivity contribution in [1.82, 2.24) is 9.88 Å². The SMILES string of the molecule is CCN(CC)c1ccc(C(=O)N(CCN(C)C)c2nc3c(Cl)cccc3s2)cc1. The molecule has 7 heteroatoms. The molecular weight excluding hydrogens is 404 g/mol. The second-order valence-corrected chi connectivity index (χ2v) is 8.48. The number of carbonyl (C=O) groups is 1. The lowest BCUT2D eigenvalue weighted by Crippen LogP contribution is -2.36. The van der Waals surface area contributed by atoms with Crippen molar-refractivity contribution >= 4 is 49.9 Å². The second-order valence-electron chi connectivity index (χ2n) is 7.06. The van der Waals surface area contributed by atoms with Crippen LogP contribution < -0.4 is 9.80 Å². The number of hydrogen-bond acceptors (Lipinski definition) is 5. The molecule has 29 heavy (non-hydrogen) atoms. The van der Waals surface area contributed by atoms with Crippen LogP contribution in [0.3, 0.4) is 0 Å². The summed E-state index contributed by atoms with van der Waals surface area (Å²) in [5.41, 5.74) is 2.52. The Labute approximate surface area is 181 Å². The van der Waals surface area contributed by atoms with Crippen LogP contribution in [0.2, 0.25) is 5.02 Å². The highest BCUT2D eigenvalue weighted by atomic mass is 35.5. The third kappa shape index (κ3) is 4.89. The van der Waals surface area contributed by atoms with Gasteiger partial charge in [0.1, 0.15) is 5.52 Å². The maximum absolute atomic E-state index is 13.4. The number of amides is 1. The molecule has 0 spiro atoms. The van der Waals surface area contributed by atoms with Gasteiger partial charge in [0.2, 0.25) is 0 Å². The van der Waals surface area contributed by atoms with Gasteiger partial charge in [-0.1, -0.05) is 29.0 Å². The van der Waals surface area contributed by atoms with Crippen LogP contribution >= 0.6 is 22.9 Å². The van der Waals surface area contributed by atoms with Gasteiger partial charge in [-0.2, -0.15) is 0 Å². The topological polar surface area (TPSA) is 39.7 Å². The van der Waals surface area contributed by atoms with E-state index in [0.717, 1.165) is 35.5 Å². The molecule has 3 rings (SSSR count). The smallest absolute Gasteiger partial charge is 0.260 e. The maximum Gasteiger partial charge on any atom is 0.260 e. The molecule has 0 N–H and O–H groups in total. The Morgan fingerprint density at radius 2 is 1.72 bits per heavy atom. The van der Waals surface area contributed by atoms with Crippen LogP contribution in [0.4, 0.5) is 10.8 Å². The van der Waals surface area contributed by atoms with Crippen molar-refractivity contribution in [3.05, 3.63) is 53.1 Å². The number of aromatic nitrogens is 1. The van der Waals surface area contributed by atoms with Gasteiger partial charge >= 0.3 is 0 Å². The van der Waals surface area contributed by atoms with Gasteiger partial charge in [0.05, 0.1) is 9.72 Å². The Morgan fingerprint density at radius 1 is 1.03 bits per heavy atom. The highest BCUT2D eigenvalue weighted by Crippen LogP contribution is 2.33. The lowest BCUT2D eigenvalue weighted by atomic mass is 10.1. The predicted octanol–water partition coefficient (Wildman–Crippen LogP) is 5.00. The highest BCUT2D eigenvalue weighted by molar-refractivity contribution is 7.22. The molecule has 0 bridgehead atoms. The number of rotatable bonds is 8.